The topological polar surface area (TPSA) is 72.2 Å². The normalized spacial score (nSPS) is 11.0. The van der Waals surface area contributed by atoms with Crippen molar-refractivity contribution in [3.63, 3.8) is 0 Å². The minimum Gasteiger partial charge on any atom is -0.481 e. The molecular weight excluding hydrogens is 328 g/mol. The molecule has 0 aliphatic heterocycles. The Morgan fingerprint density at radius 3 is 2.95 bits per heavy atom. The molecule has 0 fully saturated rings. The molecule has 3 aromatic heterocycles. The number of thiophene rings is 2. The van der Waals surface area contributed by atoms with E-state index in [1.165, 1.54) is 11.3 Å². The highest BCUT2D eigenvalue weighted by Crippen LogP contribution is 2.22. The smallest absolute Gasteiger partial charge is 0.313 e. The van der Waals surface area contributed by atoms with E-state index in [0.29, 0.717) is 21.9 Å². The zero-order valence-corrected chi connectivity index (χ0v) is 13.1. The molecule has 3 rings (SSSR count). The lowest BCUT2D eigenvalue weighted by Gasteiger charge is -2.10. The number of carbonyl (C=O) groups is 1. The first-order chi connectivity index (χ1) is 10.1. The zero-order valence-electron chi connectivity index (χ0n) is 10.7. The standard InChI is InChI=1S/C13H10N2O3S3/c16-10(17)7-21-13-14-11-9(2-4-20-11)12(18)15(13)5-8-1-3-19-6-8/h1-4,6H,5,7H2,(H,16,17). The van der Waals surface area contributed by atoms with Gasteiger partial charge in [-0.25, -0.2) is 4.98 Å². The molecule has 0 saturated carbocycles. The second kappa shape index (κ2) is 6.00. The Kier molecular flexibility index (Phi) is 4.09. The fourth-order valence-electron chi connectivity index (χ4n) is 1.87. The maximum Gasteiger partial charge on any atom is 0.313 e. The van der Waals surface area contributed by atoms with E-state index in [-0.39, 0.29) is 11.3 Å². The molecule has 0 saturated heterocycles. The van der Waals surface area contributed by atoms with E-state index in [9.17, 15) is 9.59 Å². The van der Waals surface area contributed by atoms with Crippen molar-refractivity contribution in [2.75, 3.05) is 5.75 Å². The van der Waals surface area contributed by atoms with Crippen molar-refractivity contribution in [2.24, 2.45) is 0 Å². The number of rotatable bonds is 5. The van der Waals surface area contributed by atoms with Crippen LogP contribution in [0.15, 0.2) is 38.2 Å². The molecule has 0 amide bonds. The van der Waals surface area contributed by atoms with Crippen LogP contribution in [-0.4, -0.2) is 26.4 Å². The van der Waals surface area contributed by atoms with Gasteiger partial charge >= 0.3 is 5.97 Å². The van der Waals surface area contributed by atoms with Crippen molar-refractivity contribution >= 4 is 50.6 Å². The predicted molar refractivity (Wildman–Crippen MR) is 85.7 cm³/mol. The number of aliphatic carboxylic acids is 1. The van der Waals surface area contributed by atoms with E-state index in [4.69, 9.17) is 5.11 Å². The predicted octanol–water partition coefficient (Wildman–Crippen LogP) is 2.74. The molecule has 8 heteroatoms. The molecule has 0 atom stereocenters. The molecule has 3 aromatic rings. The summed E-state index contributed by atoms with van der Waals surface area (Å²) in [5.41, 5.74) is 0.885. The van der Waals surface area contributed by atoms with Crippen LogP contribution in [-0.2, 0) is 11.3 Å². The molecule has 5 nitrogen and oxygen atoms in total. The Morgan fingerprint density at radius 1 is 1.38 bits per heavy atom. The van der Waals surface area contributed by atoms with Crippen molar-refractivity contribution in [1.82, 2.24) is 9.55 Å². The minimum absolute atomic E-state index is 0.118. The average molecular weight is 338 g/mol. The Balaban J connectivity index is 2.08. The SMILES string of the molecule is O=C(O)CSc1nc2sccc2c(=O)n1Cc1ccsc1. The highest BCUT2D eigenvalue weighted by molar-refractivity contribution is 7.99. The van der Waals surface area contributed by atoms with Gasteiger partial charge in [-0.1, -0.05) is 11.8 Å². The van der Waals surface area contributed by atoms with Gasteiger partial charge in [-0.05, 0) is 33.8 Å². The maximum absolute atomic E-state index is 12.6. The average Bonchev–Trinajstić information content (AvgIpc) is 3.11. The summed E-state index contributed by atoms with van der Waals surface area (Å²) in [5, 5.41) is 15.6. The van der Waals surface area contributed by atoms with E-state index in [1.54, 1.807) is 22.0 Å². The number of hydrogen-bond acceptors (Lipinski definition) is 6. The van der Waals surface area contributed by atoms with Crippen LogP contribution in [0.3, 0.4) is 0 Å². The lowest BCUT2D eigenvalue weighted by molar-refractivity contribution is -0.133. The van der Waals surface area contributed by atoms with Crippen molar-refractivity contribution in [2.45, 2.75) is 11.7 Å². The van der Waals surface area contributed by atoms with Gasteiger partial charge in [-0.15, -0.1) is 11.3 Å². The second-order valence-electron chi connectivity index (χ2n) is 4.24. The monoisotopic (exact) mass is 338 g/mol. The molecule has 0 radical (unpaired) electrons. The van der Waals surface area contributed by atoms with Crippen LogP contribution in [0.5, 0.6) is 0 Å². The van der Waals surface area contributed by atoms with Gasteiger partial charge in [0, 0.05) is 0 Å². The molecule has 1 N–H and O–H groups in total. The number of fused-ring (bicyclic) bond motifs is 1. The molecule has 3 heterocycles. The first-order valence-electron chi connectivity index (χ1n) is 5.99. The van der Waals surface area contributed by atoms with Gasteiger partial charge in [-0.2, -0.15) is 11.3 Å². The number of carboxylic acid groups (broad SMARTS) is 1. The van der Waals surface area contributed by atoms with Crippen molar-refractivity contribution in [3.05, 3.63) is 44.2 Å². The van der Waals surface area contributed by atoms with E-state index >= 15 is 0 Å². The Bertz CT molecular complexity index is 836. The molecule has 0 spiro atoms. The van der Waals surface area contributed by atoms with E-state index in [2.05, 4.69) is 4.98 Å². The summed E-state index contributed by atoms with van der Waals surface area (Å²) in [7, 11) is 0. The fraction of sp³-hybridized carbons (Fsp3) is 0.154. The summed E-state index contributed by atoms with van der Waals surface area (Å²) in [6, 6.07) is 3.70. The van der Waals surface area contributed by atoms with Crippen LogP contribution < -0.4 is 5.56 Å². The van der Waals surface area contributed by atoms with Gasteiger partial charge in [0.25, 0.3) is 5.56 Å². The Hall–Kier alpha value is -1.64. The van der Waals surface area contributed by atoms with E-state index in [1.807, 2.05) is 22.2 Å². The van der Waals surface area contributed by atoms with Gasteiger partial charge in [-0.3, -0.25) is 14.2 Å². The maximum atomic E-state index is 12.6. The third-order valence-corrected chi connectivity index (χ3v) is 5.29. The second-order valence-corrected chi connectivity index (χ2v) is 6.86. The summed E-state index contributed by atoms with van der Waals surface area (Å²) in [5.74, 6) is -1.05. The highest BCUT2D eigenvalue weighted by Gasteiger charge is 2.14. The van der Waals surface area contributed by atoms with E-state index in [0.717, 1.165) is 17.3 Å². The number of aromatic nitrogens is 2. The van der Waals surface area contributed by atoms with Crippen molar-refractivity contribution < 1.29 is 9.90 Å². The first-order valence-corrected chi connectivity index (χ1v) is 8.79. The summed E-state index contributed by atoms with van der Waals surface area (Å²) in [6.45, 7) is 0.406. The fourth-order valence-corrected chi connectivity index (χ4v) is 4.06. The molecule has 0 aliphatic carbocycles. The van der Waals surface area contributed by atoms with Crippen LogP contribution in [0.25, 0.3) is 10.2 Å². The summed E-state index contributed by atoms with van der Waals surface area (Å²) in [4.78, 5) is 28.4. The number of nitrogens with zero attached hydrogens (tertiary/aromatic N) is 2. The van der Waals surface area contributed by atoms with Gasteiger partial charge in [0.1, 0.15) is 4.83 Å². The zero-order chi connectivity index (χ0) is 14.8. The summed E-state index contributed by atoms with van der Waals surface area (Å²) >= 11 is 4.01. The van der Waals surface area contributed by atoms with Gasteiger partial charge in [0.05, 0.1) is 17.7 Å². The highest BCUT2D eigenvalue weighted by atomic mass is 32.2. The van der Waals surface area contributed by atoms with Crippen LogP contribution >= 0.6 is 34.4 Å². The third-order valence-electron chi connectivity index (χ3n) is 2.79. The molecule has 21 heavy (non-hydrogen) atoms. The van der Waals surface area contributed by atoms with Crippen LogP contribution in [0.2, 0.25) is 0 Å². The molecule has 0 bridgehead atoms. The van der Waals surface area contributed by atoms with Crippen LogP contribution in [0.4, 0.5) is 0 Å². The number of thioether (sulfide) groups is 1. The first kappa shape index (κ1) is 14.3. The number of carboxylic acids is 1. The van der Waals surface area contributed by atoms with Crippen LogP contribution in [0, 0.1) is 0 Å². The quantitative estimate of drug-likeness (QED) is 0.572. The molecular formula is C13H10N2O3S3. The minimum atomic E-state index is -0.928. The van der Waals surface area contributed by atoms with Crippen molar-refractivity contribution in [3.8, 4) is 0 Å². The molecule has 0 aliphatic rings. The van der Waals surface area contributed by atoms with Crippen LogP contribution in [0.1, 0.15) is 5.56 Å². The van der Waals surface area contributed by atoms with Gasteiger partial charge in [0.2, 0.25) is 0 Å². The van der Waals surface area contributed by atoms with Crippen molar-refractivity contribution in [1.29, 1.82) is 0 Å². The van der Waals surface area contributed by atoms with Gasteiger partial charge < -0.3 is 5.11 Å². The summed E-state index contributed by atoms with van der Waals surface area (Å²) < 4.78 is 1.55. The summed E-state index contributed by atoms with van der Waals surface area (Å²) in [6.07, 6.45) is 0. The Morgan fingerprint density at radius 2 is 2.24 bits per heavy atom. The molecule has 0 aromatic carbocycles. The largest absolute Gasteiger partial charge is 0.481 e. The lowest BCUT2D eigenvalue weighted by Crippen LogP contribution is -2.23. The Labute approximate surface area is 131 Å². The molecule has 0 unspecified atom stereocenters. The molecule has 108 valence electrons. The van der Waals surface area contributed by atoms with E-state index < -0.39 is 5.97 Å². The van der Waals surface area contributed by atoms with Gasteiger partial charge in [0.15, 0.2) is 5.16 Å². The lowest BCUT2D eigenvalue weighted by atomic mass is 10.3. The number of hydrogen-bond donors (Lipinski definition) is 1. The third kappa shape index (κ3) is 3.02.